The molecule has 0 radical (unpaired) electrons. The molecule has 0 aromatic heterocycles. The number of benzene rings is 3. The van der Waals surface area contributed by atoms with Crippen molar-refractivity contribution in [1.29, 1.82) is 0 Å². The number of nitrogens with zero attached hydrogens (tertiary/aromatic N) is 1. The van der Waals surface area contributed by atoms with Crippen molar-refractivity contribution in [2.75, 3.05) is 7.11 Å². The Balaban J connectivity index is 2.03. The molecule has 1 heterocycles. The Hall–Kier alpha value is -3.16. The zero-order valence-electron chi connectivity index (χ0n) is 17.2. The summed E-state index contributed by atoms with van der Waals surface area (Å²) in [6.07, 6.45) is 0. The number of rotatable bonds is 5. The molecule has 6 nitrogen and oxygen atoms in total. The fraction of sp³-hybridized carbons (Fsp3) is 0.125. The number of carbonyl (C=O) groups excluding carboxylic acids is 2. The summed E-state index contributed by atoms with van der Waals surface area (Å²) in [5.74, 6) is 0.991. The van der Waals surface area contributed by atoms with Crippen LogP contribution in [0.15, 0.2) is 59.1 Å². The van der Waals surface area contributed by atoms with Crippen LogP contribution in [0, 0.1) is 5.82 Å². The molecule has 1 unspecified atom stereocenters. The fourth-order valence-electron chi connectivity index (χ4n) is 4.07. The quantitative estimate of drug-likeness (QED) is 0.481. The van der Waals surface area contributed by atoms with Gasteiger partial charge in [0.15, 0.2) is 11.7 Å². The van der Waals surface area contributed by atoms with Crippen molar-refractivity contribution >= 4 is 45.1 Å². The molecule has 1 aliphatic heterocycles. The lowest BCUT2D eigenvalue weighted by Gasteiger charge is -2.37. The van der Waals surface area contributed by atoms with Gasteiger partial charge in [-0.2, -0.15) is 0 Å². The average Bonchev–Trinajstić information content (AvgIpc) is 3.03. The average molecular weight is 532 g/mol. The predicted octanol–water partition coefficient (Wildman–Crippen LogP) is 4.23. The van der Waals surface area contributed by atoms with Crippen molar-refractivity contribution in [2.45, 2.75) is 12.3 Å². The van der Waals surface area contributed by atoms with Crippen molar-refractivity contribution in [2.24, 2.45) is 5.73 Å². The Morgan fingerprint density at radius 3 is 2.55 bits per heavy atom. The van der Waals surface area contributed by atoms with Crippen molar-refractivity contribution in [3.8, 4) is 5.75 Å². The second-order valence-corrected chi connectivity index (χ2v) is 8.74. The summed E-state index contributed by atoms with van der Waals surface area (Å²) < 4.78 is 19.9. The number of nitrogens with two attached hydrogens (primary N) is 1. The Bertz CT molecular complexity index is 1320. The minimum absolute atomic E-state index is 0.00239. The third-order valence-electron chi connectivity index (χ3n) is 5.53. The van der Waals surface area contributed by atoms with Crippen LogP contribution >= 0.6 is 27.5 Å². The third kappa shape index (κ3) is 3.81. The van der Waals surface area contributed by atoms with Gasteiger partial charge in [-0.3, -0.25) is 4.79 Å². The minimum Gasteiger partial charge on any atom is -0.497 e. The molecule has 3 aromatic carbocycles. The third-order valence-corrected chi connectivity index (χ3v) is 6.32. The number of carbonyl (C=O) groups is 1. The van der Waals surface area contributed by atoms with Crippen molar-refractivity contribution in [1.82, 2.24) is 4.90 Å². The molecule has 9 heteroatoms. The maximum absolute atomic E-state index is 14.3. The maximum atomic E-state index is 14.3. The monoisotopic (exact) mass is 530 g/mol. The maximum Gasteiger partial charge on any atom is 0.249 e. The first kappa shape index (κ1) is 23.0. The van der Waals surface area contributed by atoms with Crippen molar-refractivity contribution in [3.63, 3.8) is 0 Å². The molecule has 168 valence electrons. The summed E-state index contributed by atoms with van der Waals surface area (Å²) in [6.45, 7) is 0.00239. The van der Waals surface area contributed by atoms with E-state index in [4.69, 9.17) is 22.1 Å². The van der Waals surface area contributed by atoms with Crippen molar-refractivity contribution in [3.05, 3.63) is 97.7 Å². The van der Waals surface area contributed by atoms with Crippen LogP contribution in [0.25, 0.3) is 5.70 Å². The summed E-state index contributed by atoms with van der Waals surface area (Å²) in [6, 6.07) is 13.4. The van der Waals surface area contributed by atoms with E-state index in [0.29, 0.717) is 15.8 Å². The smallest absolute Gasteiger partial charge is 0.249 e. The van der Waals surface area contributed by atoms with Crippen LogP contribution in [-0.4, -0.2) is 29.0 Å². The summed E-state index contributed by atoms with van der Waals surface area (Å²) in [7, 11) is 1.53. The first-order valence-electron chi connectivity index (χ1n) is 9.68. The molecule has 33 heavy (non-hydrogen) atoms. The summed E-state index contributed by atoms with van der Waals surface area (Å²) in [5, 5.41) is 12.2. The standard InChI is InChI=1S/C24H17BrClFN2O4/c1-33-16-5-2-13(3-6-16)11-29-21(12-30)17-8-14(25)9-18(23(28)31)22(17)24(29,32)19-10-15(27)4-7-20(19)26/h2-10,32H,11H2,1H3,(H2,28,31). The lowest BCUT2D eigenvalue weighted by atomic mass is 9.89. The number of ether oxygens (including phenoxy) is 1. The molecule has 3 N–H and O–H groups in total. The van der Waals surface area contributed by atoms with Crippen LogP contribution in [0.3, 0.4) is 0 Å². The highest BCUT2D eigenvalue weighted by molar-refractivity contribution is 9.10. The Morgan fingerprint density at radius 1 is 1.24 bits per heavy atom. The lowest BCUT2D eigenvalue weighted by Crippen LogP contribution is -2.42. The van der Waals surface area contributed by atoms with E-state index < -0.39 is 17.4 Å². The Kier molecular flexibility index (Phi) is 6.03. The molecule has 1 aliphatic rings. The van der Waals surface area contributed by atoms with Gasteiger partial charge in [0.25, 0.3) is 0 Å². The van der Waals surface area contributed by atoms with Gasteiger partial charge in [-0.05, 0) is 48.0 Å². The number of hydrogen-bond donors (Lipinski definition) is 2. The lowest BCUT2D eigenvalue weighted by molar-refractivity contribution is -0.0401. The van der Waals surface area contributed by atoms with Crippen molar-refractivity contribution < 1.29 is 23.8 Å². The van der Waals surface area contributed by atoms with Gasteiger partial charge in [-0.1, -0.05) is 39.7 Å². The number of primary amides is 1. The fourth-order valence-corrected chi connectivity index (χ4v) is 4.77. The van der Waals surface area contributed by atoms with E-state index in [1.54, 1.807) is 30.3 Å². The molecular weight excluding hydrogens is 515 g/mol. The first-order valence-corrected chi connectivity index (χ1v) is 10.9. The van der Waals surface area contributed by atoms with Crippen LogP contribution in [0.2, 0.25) is 5.02 Å². The largest absolute Gasteiger partial charge is 0.497 e. The molecular formula is C24H17BrClFN2O4. The van der Waals surface area contributed by atoms with E-state index in [1.807, 2.05) is 5.94 Å². The highest BCUT2D eigenvalue weighted by Gasteiger charge is 2.51. The van der Waals surface area contributed by atoms with Crippen LogP contribution in [0.5, 0.6) is 5.75 Å². The predicted molar refractivity (Wildman–Crippen MR) is 125 cm³/mol. The number of halogens is 3. The number of fused-ring (bicyclic) bond motifs is 1. The first-order chi connectivity index (χ1) is 15.7. The molecule has 1 amide bonds. The zero-order valence-corrected chi connectivity index (χ0v) is 19.6. The molecule has 0 aliphatic carbocycles. The summed E-state index contributed by atoms with van der Waals surface area (Å²) >= 11 is 9.70. The molecule has 3 aromatic rings. The second kappa shape index (κ2) is 8.65. The topological polar surface area (TPSA) is 92.9 Å². The van der Waals surface area contributed by atoms with Gasteiger partial charge >= 0.3 is 0 Å². The number of hydrogen-bond acceptors (Lipinski definition) is 5. The van der Waals surface area contributed by atoms with Gasteiger partial charge in [-0.15, -0.1) is 0 Å². The molecule has 0 spiro atoms. The number of aliphatic hydroxyl groups is 1. The normalized spacial score (nSPS) is 17.0. The van der Waals surface area contributed by atoms with Gasteiger partial charge in [0.2, 0.25) is 5.91 Å². The Labute approximate surface area is 202 Å². The van der Waals surface area contributed by atoms with E-state index in [-0.39, 0.29) is 39.5 Å². The van der Waals surface area contributed by atoms with E-state index in [2.05, 4.69) is 15.9 Å². The van der Waals surface area contributed by atoms with Gasteiger partial charge in [0.1, 0.15) is 17.3 Å². The molecule has 0 saturated heterocycles. The van der Waals surface area contributed by atoms with Crippen LogP contribution in [0.1, 0.15) is 32.6 Å². The van der Waals surface area contributed by atoms with Gasteiger partial charge < -0.3 is 20.5 Å². The molecule has 0 fully saturated rings. The summed E-state index contributed by atoms with van der Waals surface area (Å²) in [4.78, 5) is 25.8. The number of methoxy groups -OCH3 is 1. The highest BCUT2D eigenvalue weighted by Crippen LogP contribution is 2.51. The number of amides is 1. The van der Waals surface area contributed by atoms with Crippen LogP contribution in [0.4, 0.5) is 4.39 Å². The van der Waals surface area contributed by atoms with Gasteiger partial charge in [-0.25, -0.2) is 9.18 Å². The van der Waals surface area contributed by atoms with E-state index >= 15 is 0 Å². The van der Waals surface area contributed by atoms with Crippen LogP contribution in [-0.2, 0) is 17.1 Å². The van der Waals surface area contributed by atoms with E-state index in [1.165, 1.54) is 24.1 Å². The van der Waals surface area contributed by atoms with Crippen LogP contribution < -0.4 is 10.5 Å². The molecule has 1 atom stereocenters. The summed E-state index contributed by atoms with van der Waals surface area (Å²) in [5.41, 5.74) is 4.25. The van der Waals surface area contributed by atoms with Gasteiger partial charge in [0.05, 0.1) is 7.11 Å². The minimum atomic E-state index is -2.19. The van der Waals surface area contributed by atoms with E-state index in [9.17, 15) is 19.1 Å². The molecule has 0 saturated carbocycles. The highest BCUT2D eigenvalue weighted by atomic mass is 79.9. The molecule has 4 rings (SSSR count). The zero-order chi connectivity index (χ0) is 23.9. The van der Waals surface area contributed by atoms with E-state index in [0.717, 1.165) is 12.1 Å². The molecule has 0 bridgehead atoms. The van der Waals surface area contributed by atoms with Gasteiger partial charge in [0, 0.05) is 38.3 Å². The Morgan fingerprint density at radius 2 is 1.94 bits per heavy atom. The second-order valence-electron chi connectivity index (χ2n) is 7.42. The SMILES string of the molecule is COc1ccc(CN2C(=C=O)c3cc(Br)cc(C(N)=O)c3C2(O)c2cc(F)ccc2Cl)cc1.